The molecule has 0 radical (unpaired) electrons. The molecule has 0 heterocycles. The van der Waals surface area contributed by atoms with E-state index in [0.717, 1.165) is 5.56 Å². The molecular formula is C11H17NO4S. The fourth-order valence-electron chi connectivity index (χ4n) is 1.27. The van der Waals surface area contributed by atoms with Gasteiger partial charge in [0.25, 0.3) is 0 Å². The second kappa shape index (κ2) is 6.70. The molecule has 0 amide bonds. The number of hydrogen-bond acceptors (Lipinski definition) is 4. The summed E-state index contributed by atoms with van der Waals surface area (Å²) in [6, 6.07) is 9.53. The van der Waals surface area contributed by atoms with Gasteiger partial charge in [-0.3, -0.25) is 0 Å². The summed E-state index contributed by atoms with van der Waals surface area (Å²) in [6.07, 6.45) is -0.717. The Morgan fingerprint density at radius 2 is 1.94 bits per heavy atom. The van der Waals surface area contributed by atoms with E-state index in [1.54, 1.807) is 0 Å². The highest BCUT2D eigenvalue weighted by Crippen LogP contribution is 2.02. The van der Waals surface area contributed by atoms with Crippen molar-refractivity contribution in [1.29, 1.82) is 0 Å². The highest BCUT2D eigenvalue weighted by molar-refractivity contribution is 7.89. The molecule has 0 spiro atoms. The van der Waals surface area contributed by atoms with Crippen LogP contribution in [-0.2, 0) is 21.4 Å². The van der Waals surface area contributed by atoms with Gasteiger partial charge in [0.15, 0.2) is 0 Å². The molecule has 0 saturated heterocycles. The Morgan fingerprint density at radius 1 is 1.29 bits per heavy atom. The molecule has 5 nitrogen and oxygen atoms in total. The number of rotatable bonds is 7. The molecule has 0 aliphatic heterocycles. The van der Waals surface area contributed by atoms with E-state index in [0.29, 0.717) is 6.61 Å². The van der Waals surface area contributed by atoms with Gasteiger partial charge < -0.3 is 9.84 Å². The van der Waals surface area contributed by atoms with Crippen molar-refractivity contribution in [3.63, 3.8) is 0 Å². The first-order valence-corrected chi connectivity index (χ1v) is 6.99. The lowest BCUT2D eigenvalue weighted by Gasteiger charge is -2.10. The molecule has 1 aromatic rings. The zero-order valence-corrected chi connectivity index (χ0v) is 10.3. The van der Waals surface area contributed by atoms with Crippen molar-refractivity contribution in [2.75, 3.05) is 12.4 Å². The van der Waals surface area contributed by atoms with Crippen LogP contribution < -0.4 is 5.14 Å². The van der Waals surface area contributed by atoms with Gasteiger partial charge in [-0.05, 0) is 12.0 Å². The van der Waals surface area contributed by atoms with Gasteiger partial charge in [0.05, 0.1) is 25.1 Å². The molecule has 0 aromatic heterocycles. The largest absolute Gasteiger partial charge is 0.391 e. The number of nitrogens with two attached hydrogens (primary N) is 1. The van der Waals surface area contributed by atoms with Crippen LogP contribution in [0.3, 0.4) is 0 Å². The molecular weight excluding hydrogens is 242 g/mol. The van der Waals surface area contributed by atoms with E-state index in [-0.39, 0.29) is 18.8 Å². The Hall–Kier alpha value is -0.950. The molecule has 0 aliphatic rings. The molecule has 17 heavy (non-hydrogen) atoms. The third-order valence-corrected chi connectivity index (χ3v) is 2.96. The molecule has 1 rings (SSSR count). The highest BCUT2D eigenvalue weighted by atomic mass is 32.2. The number of primary sulfonamides is 1. The Labute approximate surface area is 101 Å². The van der Waals surface area contributed by atoms with E-state index in [9.17, 15) is 13.5 Å². The Morgan fingerprint density at radius 3 is 2.53 bits per heavy atom. The van der Waals surface area contributed by atoms with Crippen LogP contribution in [0, 0.1) is 0 Å². The molecule has 0 bridgehead atoms. The predicted molar refractivity (Wildman–Crippen MR) is 64.7 cm³/mol. The number of sulfonamides is 1. The summed E-state index contributed by atoms with van der Waals surface area (Å²) in [5.41, 5.74) is 1.01. The molecule has 3 N–H and O–H groups in total. The quantitative estimate of drug-likeness (QED) is 0.734. The van der Waals surface area contributed by atoms with Crippen LogP contribution in [0.15, 0.2) is 30.3 Å². The van der Waals surface area contributed by atoms with Gasteiger partial charge in [-0.2, -0.15) is 0 Å². The lowest BCUT2D eigenvalue weighted by Crippen LogP contribution is -2.23. The molecule has 0 fully saturated rings. The summed E-state index contributed by atoms with van der Waals surface area (Å²) >= 11 is 0. The zero-order chi connectivity index (χ0) is 12.7. The summed E-state index contributed by atoms with van der Waals surface area (Å²) in [4.78, 5) is 0. The van der Waals surface area contributed by atoms with Crippen molar-refractivity contribution >= 4 is 10.0 Å². The first kappa shape index (κ1) is 14.1. The number of benzene rings is 1. The lowest BCUT2D eigenvalue weighted by atomic mass is 10.2. The van der Waals surface area contributed by atoms with Crippen molar-refractivity contribution in [3.8, 4) is 0 Å². The second-order valence-corrected chi connectivity index (χ2v) is 5.54. The fourth-order valence-corrected chi connectivity index (χ4v) is 1.87. The topological polar surface area (TPSA) is 89.6 Å². The van der Waals surface area contributed by atoms with Crippen LogP contribution in [0.4, 0.5) is 0 Å². The summed E-state index contributed by atoms with van der Waals surface area (Å²) in [5, 5.41) is 14.3. The zero-order valence-electron chi connectivity index (χ0n) is 9.45. The first-order chi connectivity index (χ1) is 7.97. The van der Waals surface area contributed by atoms with Gasteiger partial charge in [0.2, 0.25) is 10.0 Å². The molecule has 0 aliphatic carbocycles. The van der Waals surface area contributed by atoms with Crippen molar-refractivity contribution in [1.82, 2.24) is 0 Å². The van der Waals surface area contributed by atoms with Gasteiger partial charge in [-0.25, -0.2) is 13.6 Å². The minimum absolute atomic E-state index is 0.0909. The monoisotopic (exact) mass is 259 g/mol. The van der Waals surface area contributed by atoms with E-state index in [2.05, 4.69) is 0 Å². The third-order valence-electron chi connectivity index (χ3n) is 2.16. The van der Waals surface area contributed by atoms with Crippen LogP contribution in [-0.4, -0.2) is 32.0 Å². The number of aliphatic hydroxyl groups excluding tert-OH is 1. The Balaban J connectivity index is 2.18. The van der Waals surface area contributed by atoms with E-state index in [1.165, 1.54) is 0 Å². The summed E-state index contributed by atoms with van der Waals surface area (Å²) < 4.78 is 26.6. The average Bonchev–Trinajstić information content (AvgIpc) is 2.27. The van der Waals surface area contributed by atoms with Crippen molar-refractivity contribution < 1.29 is 18.3 Å². The maximum atomic E-state index is 10.7. The van der Waals surface area contributed by atoms with Crippen molar-refractivity contribution in [2.24, 2.45) is 5.14 Å². The van der Waals surface area contributed by atoms with Crippen LogP contribution in [0.25, 0.3) is 0 Å². The van der Waals surface area contributed by atoms with Crippen molar-refractivity contribution in [3.05, 3.63) is 35.9 Å². The lowest BCUT2D eigenvalue weighted by molar-refractivity contribution is 0.0273. The van der Waals surface area contributed by atoms with Gasteiger partial charge in [-0.15, -0.1) is 0 Å². The summed E-state index contributed by atoms with van der Waals surface area (Å²) in [6.45, 7) is 0.498. The van der Waals surface area contributed by atoms with Crippen molar-refractivity contribution in [2.45, 2.75) is 19.1 Å². The minimum Gasteiger partial charge on any atom is -0.391 e. The Kier molecular flexibility index (Phi) is 5.57. The van der Waals surface area contributed by atoms with Crippen LogP contribution >= 0.6 is 0 Å². The molecule has 1 atom stereocenters. The molecule has 0 unspecified atom stereocenters. The van der Waals surface area contributed by atoms with Crippen LogP contribution in [0.2, 0.25) is 0 Å². The number of hydrogen-bond donors (Lipinski definition) is 2. The number of aliphatic hydroxyl groups is 1. The Bertz CT molecular complexity index is 418. The van der Waals surface area contributed by atoms with Crippen LogP contribution in [0.1, 0.15) is 12.0 Å². The smallest absolute Gasteiger partial charge is 0.209 e. The normalized spacial score (nSPS) is 13.5. The molecule has 0 saturated carbocycles. The maximum Gasteiger partial charge on any atom is 0.209 e. The molecule has 96 valence electrons. The van der Waals surface area contributed by atoms with Gasteiger partial charge in [0, 0.05) is 0 Å². The fraction of sp³-hybridized carbons (Fsp3) is 0.455. The van der Waals surface area contributed by atoms with E-state index in [1.807, 2.05) is 30.3 Å². The van der Waals surface area contributed by atoms with Gasteiger partial charge >= 0.3 is 0 Å². The van der Waals surface area contributed by atoms with Crippen LogP contribution in [0.5, 0.6) is 0 Å². The first-order valence-electron chi connectivity index (χ1n) is 5.27. The second-order valence-electron chi connectivity index (χ2n) is 3.81. The van der Waals surface area contributed by atoms with Gasteiger partial charge in [-0.1, -0.05) is 30.3 Å². The summed E-state index contributed by atoms with van der Waals surface area (Å²) in [5.74, 6) is -0.233. The SMILES string of the molecule is NS(=O)(=O)CC[C@H](O)COCc1ccccc1. The molecule has 6 heteroatoms. The van der Waals surface area contributed by atoms with E-state index < -0.39 is 16.1 Å². The minimum atomic E-state index is -3.51. The highest BCUT2D eigenvalue weighted by Gasteiger charge is 2.09. The van der Waals surface area contributed by atoms with E-state index >= 15 is 0 Å². The van der Waals surface area contributed by atoms with Gasteiger partial charge in [0.1, 0.15) is 0 Å². The predicted octanol–water partition coefficient (Wildman–Crippen LogP) is 0.243. The maximum absolute atomic E-state index is 10.7. The van der Waals surface area contributed by atoms with E-state index in [4.69, 9.17) is 9.88 Å². The third kappa shape index (κ3) is 7.06. The molecule has 1 aromatic carbocycles. The summed E-state index contributed by atoms with van der Waals surface area (Å²) in [7, 11) is -3.51. The number of ether oxygens (including phenoxy) is 1. The average molecular weight is 259 g/mol. The standard InChI is InChI=1S/C11H17NO4S/c12-17(14,15)7-6-11(13)9-16-8-10-4-2-1-3-5-10/h1-5,11,13H,6-9H2,(H2,12,14,15)/t11-/m0/s1.